The van der Waals surface area contributed by atoms with Crippen LogP contribution in [0.25, 0.3) is 0 Å². The monoisotopic (exact) mass is 382 g/mol. The molecule has 1 aromatic rings. The summed E-state index contributed by atoms with van der Waals surface area (Å²) in [4.78, 5) is 12.6. The molecule has 0 spiro atoms. The Bertz CT molecular complexity index is 732. The summed E-state index contributed by atoms with van der Waals surface area (Å²) in [5.74, 6) is 0.319. The van der Waals surface area contributed by atoms with Crippen molar-refractivity contribution in [3.05, 3.63) is 29.8 Å². The largest absolute Gasteiger partial charge is 0.492 e. The van der Waals surface area contributed by atoms with Gasteiger partial charge in [0.15, 0.2) is 14.6 Å². The number of amides is 1. The molecule has 0 bridgehead atoms. The lowest BCUT2D eigenvalue weighted by Crippen LogP contribution is -2.57. The summed E-state index contributed by atoms with van der Waals surface area (Å²) in [5, 5.41) is 5.85. The number of hydrogen-bond donors (Lipinski definition) is 2. The first-order valence-electron chi connectivity index (χ1n) is 8.98. The quantitative estimate of drug-likeness (QED) is 0.731. The molecule has 0 aromatic heterocycles. The minimum absolute atomic E-state index is 0.0322. The molecule has 1 aliphatic rings. The molecule has 26 heavy (non-hydrogen) atoms. The number of hydrogen-bond acceptors (Lipinski definition) is 5. The highest BCUT2D eigenvalue weighted by molar-refractivity contribution is 7.92. The van der Waals surface area contributed by atoms with Gasteiger partial charge in [-0.2, -0.15) is 0 Å². The van der Waals surface area contributed by atoms with Crippen molar-refractivity contribution in [2.45, 2.75) is 43.8 Å². The summed E-state index contributed by atoms with van der Waals surface area (Å²) in [7, 11) is -3.49. The number of ether oxygens (including phenoxy) is 1. The van der Waals surface area contributed by atoms with E-state index in [1.165, 1.54) is 5.56 Å². The molecule has 1 heterocycles. The molecule has 0 aliphatic carbocycles. The standard InChI is InChI=1S/C19H30N2O4S/c1-18(2,3)15-6-5-7-16(14-15)25-13-12-21-17(22)19(26(4,23)24)8-10-20-11-9-19/h5-7,14,20H,8-13H2,1-4H3,(H,21,22). The third kappa shape index (κ3) is 4.76. The Morgan fingerprint density at radius 2 is 1.92 bits per heavy atom. The molecule has 2 rings (SSSR count). The molecule has 0 atom stereocenters. The van der Waals surface area contributed by atoms with E-state index >= 15 is 0 Å². The van der Waals surface area contributed by atoms with Gasteiger partial charge >= 0.3 is 0 Å². The van der Waals surface area contributed by atoms with Crippen LogP contribution in [0.1, 0.15) is 39.2 Å². The maximum Gasteiger partial charge on any atom is 0.241 e. The summed E-state index contributed by atoms with van der Waals surface area (Å²) in [6, 6.07) is 7.87. The molecule has 146 valence electrons. The smallest absolute Gasteiger partial charge is 0.241 e. The minimum atomic E-state index is -3.49. The number of carbonyl (C=O) groups excluding carboxylic acids is 1. The van der Waals surface area contributed by atoms with Crippen molar-refractivity contribution in [1.82, 2.24) is 10.6 Å². The molecule has 0 radical (unpaired) electrons. The predicted octanol–water partition coefficient (Wildman–Crippen LogP) is 1.65. The number of rotatable bonds is 6. The van der Waals surface area contributed by atoms with Crippen molar-refractivity contribution >= 4 is 15.7 Å². The van der Waals surface area contributed by atoms with Gasteiger partial charge in [0.2, 0.25) is 5.91 Å². The molecule has 1 aromatic carbocycles. The van der Waals surface area contributed by atoms with Gasteiger partial charge in [-0.05, 0) is 49.0 Å². The van der Waals surface area contributed by atoms with Crippen LogP contribution in [0.4, 0.5) is 0 Å². The number of benzene rings is 1. The molecule has 6 nitrogen and oxygen atoms in total. The van der Waals surface area contributed by atoms with Gasteiger partial charge in [0.05, 0.1) is 6.54 Å². The van der Waals surface area contributed by atoms with Crippen LogP contribution in [-0.2, 0) is 20.0 Å². The highest BCUT2D eigenvalue weighted by Crippen LogP contribution is 2.28. The molecule has 1 saturated heterocycles. The van der Waals surface area contributed by atoms with E-state index in [4.69, 9.17) is 4.74 Å². The average molecular weight is 383 g/mol. The van der Waals surface area contributed by atoms with E-state index in [2.05, 4.69) is 37.5 Å². The number of piperidine rings is 1. The number of nitrogens with one attached hydrogen (secondary N) is 2. The lowest BCUT2D eigenvalue weighted by molar-refractivity contribution is -0.124. The van der Waals surface area contributed by atoms with Crippen molar-refractivity contribution in [1.29, 1.82) is 0 Å². The highest BCUT2D eigenvalue weighted by Gasteiger charge is 2.48. The van der Waals surface area contributed by atoms with Crippen molar-refractivity contribution in [2.75, 3.05) is 32.5 Å². The molecule has 0 unspecified atom stereocenters. The molecule has 0 saturated carbocycles. The predicted molar refractivity (Wildman–Crippen MR) is 103 cm³/mol. The Labute approximate surface area is 156 Å². The van der Waals surface area contributed by atoms with Crippen molar-refractivity contribution in [3.63, 3.8) is 0 Å². The van der Waals surface area contributed by atoms with Crippen molar-refractivity contribution in [3.8, 4) is 5.75 Å². The summed E-state index contributed by atoms with van der Waals surface area (Å²) in [6.45, 7) is 8.01. The van der Waals surface area contributed by atoms with E-state index in [9.17, 15) is 13.2 Å². The van der Waals surface area contributed by atoms with Gasteiger partial charge in [-0.1, -0.05) is 32.9 Å². The topological polar surface area (TPSA) is 84.5 Å². The fourth-order valence-electron chi connectivity index (χ4n) is 3.14. The van der Waals surface area contributed by atoms with E-state index in [-0.39, 0.29) is 18.6 Å². The first-order valence-corrected chi connectivity index (χ1v) is 10.9. The molecule has 7 heteroatoms. The number of carbonyl (C=O) groups is 1. The molecule has 1 fully saturated rings. The van der Waals surface area contributed by atoms with Gasteiger partial charge in [0.25, 0.3) is 0 Å². The fraction of sp³-hybridized carbons (Fsp3) is 0.632. The van der Waals surface area contributed by atoms with Crippen molar-refractivity contribution in [2.24, 2.45) is 0 Å². The summed E-state index contributed by atoms with van der Waals surface area (Å²) in [5.41, 5.74) is 1.20. The van der Waals surface area contributed by atoms with E-state index in [0.717, 1.165) is 12.0 Å². The van der Waals surface area contributed by atoms with Crippen LogP contribution in [-0.4, -0.2) is 51.6 Å². The molecular weight excluding hydrogens is 352 g/mol. The van der Waals surface area contributed by atoms with E-state index in [1.807, 2.05) is 18.2 Å². The summed E-state index contributed by atoms with van der Waals surface area (Å²) < 4.78 is 28.8. The van der Waals surface area contributed by atoms with E-state index < -0.39 is 20.5 Å². The lowest BCUT2D eigenvalue weighted by atomic mass is 9.87. The molecule has 2 N–H and O–H groups in total. The summed E-state index contributed by atoms with van der Waals surface area (Å²) >= 11 is 0. The Morgan fingerprint density at radius 3 is 2.50 bits per heavy atom. The second-order valence-electron chi connectivity index (χ2n) is 7.90. The van der Waals surface area contributed by atoms with Crippen LogP contribution in [0.3, 0.4) is 0 Å². The third-order valence-electron chi connectivity index (χ3n) is 4.89. The average Bonchev–Trinajstić information content (AvgIpc) is 2.57. The molecule has 1 amide bonds. The van der Waals surface area contributed by atoms with Crippen LogP contribution in [0, 0.1) is 0 Å². The van der Waals surface area contributed by atoms with Gasteiger partial charge in [-0.3, -0.25) is 4.79 Å². The van der Waals surface area contributed by atoms with E-state index in [1.54, 1.807) is 0 Å². The zero-order chi connectivity index (χ0) is 19.4. The van der Waals surface area contributed by atoms with Crippen LogP contribution in [0.2, 0.25) is 0 Å². The Hall–Kier alpha value is -1.60. The molecule has 1 aliphatic heterocycles. The maximum absolute atomic E-state index is 12.6. The van der Waals surface area contributed by atoms with Gasteiger partial charge in [-0.25, -0.2) is 8.42 Å². The zero-order valence-corrected chi connectivity index (χ0v) is 16.9. The second kappa shape index (κ2) is 7.96. The van der Waals surface area contributed by atoms with Crippen LogP contribution < -0.4 is 15.4 Å². The third-order valence-corrected chi connectivity index (χ3v) is 6.90. The van der Waals surface area contributed by atoms with Crippen LogP contribution in [0.5, 0.6) is 5.75 Å². The van der Waals surface area contributed by atoms with Gasteiger partial charge in [0.1, 0.15) is 12.4 Å². The number of sulfone groups is 1. The van der Waals surface area contributed by atoms with Gasteiger partial charge in [0, 0.05) is 6.26 Å². The Balaban J connectivity index is 1.92. The second-order valence-corrected chi connectivity index (χ2v) is 10.2. The van der Waals surface area contributed by atoms with E-state index in [0.29, 0.717) is 25.9 Å². The minimum Gasteiger partial charge on any atom is -0.492 e. The first-order chi connectivity index (χ1) is 12.1. The lowest BCUT2D eigenvalue weighted by Gasteiger charge is -2.34. The fourth-order valence-corrected chi connectivity index (χ4v) is 4.50. The molecular formula is C19H30N2O4S. The van der Waals surface area contributed by atoms with Crippen molar-refractivity contribution < 1.29 is 17.9 Å². The normalized spacial score (nSPS) is 17.5. The summed E-state index contributed by atoms with van der Waals surface area (Å²) in [6.07, 6.45) is 1.74. The van der Waals surface area contributed by atoms with Gasteiger partial charge in [-0.15, -0.1) is 0 Å². The maximum atomic E-state index is 12.6. The SMILES string of the molecule is CC(C)(C)c1cccc(OCCNC(=O)C2(S(C)(=O)=O)CCNCC2)c1. The van der Waals surface area contributed by atoms with Gasteiger partial charge < -0.3 is 15.4 Å². The highest BCUT2D eigenvalue weighted by atomic mass is 32.2. The first kappa shape index (κ1) is 20.7. The Morgan fingerprint density at radius 1 is 1.27 bits per heavy atom. The zero-order valence-electron chi connectivity index (χ0n) is 16.1. The van der Waals surface area contributed by atoms with Crippen LogP contribution >= 0.6 is 0 Å². The Kier molecular flexibility index (Phi) is 6.34. The van der Waals surface area contributed by atoms with Crippen LogP contribution in [0.15, 0.2) is 24.3 Å².